The standard InChI is InChI=1S/C17H21N3O2/c21-16(13-19-12-10-18-17(19)22)20(15-8-9-15)11-4-7-14-5-2-1-3-6-14/h1-7,15H,8-13H2,(H,18,22). The lowest BCUT2D eigenvalue weighted by atomic mass is 10.2. The summed E-state index contributed by atoms with van der Waals surface area (Å²) in [6.07, 6.45) is 6.19. The largest absolute Gasteiger partial charge is 0.336 e. The Morgan fingerprint density at radius 3 is 2.73 bits per heavy atom. The van der Waals surface area contributed by atoms with E-state index in [-0.39, 0.29) is 18.5 Å². The Labute approximate surface area is 130 Å². The van der Waals surface area contributed by atoms with Gasteiger partial charge in [0, 0.05) is 25.7 Å². The number of carbonyl (C=O) groups excluding carboxylic acids is 2. The number of carbonyl (C=O) groups is 2. The number of rotatable bonds is 6. The van der Waals surface area contributed by atoms with Gasteiger partial charge in [0.2, 0.25) is 5.91 Å². The fourth-order valence-electron chi connectivity index (χ4n) is 2.62. The normalized spacial score (nSPS) is 17.8. The number of urea groups is 1. The van der Waals surface area contributed by atoms with Gasteiger partial charge >= 0.3 is 6.03 Å². The molecule has 22 heavy (non-hydrogen) atoms. The molecule has 1 aliphatic heterocycles. The molecule has 0 unspecified atom stereocenters. The van der Waals surface area contributed by atoms with Crippen molar-refractivity contribution in [3.8, 4) is 0 Å². The molecule has 5 heteroatoms. The van der Waals surface area contributed by atoms with Gasteiger partial charge in [0.05, 0.1) is 0 Å². The van der Waals surface area contributed by atoms with E-state index < -0.39 is 0 Å². The molecule has 0 radical (unpaired) electrons. The highest BCUT2D eigenvalue weighted by Gasteiger charge is 2.33. The summed E-state index contributed by atoms with van der Waals surface area (Å²) >= 11 is 0. The van der Waals surface area contributed by atoms with Gasteiger partial charge in [0.15, 0.2) is 0 Å². The molecule has 1 aliphatic carbocycles. The van der Waals surface area contributed by atoms with E-state index >= 15 is 0 Å². The van der Waals surface area contributed by atoms with Gasteiger partial charge in [-0.05, 0) is 18.4 Å². The summed E-state index contributed by atoms with van der Waals surface area (Å²) in [5.74, 6) is 0.0391. The van der Waals surface area contributed by atoms with Gasteiger partial charge < -0.3 is 15.1 Å². The van der Waals surface area contributed by atoms with E-state index in [9.17, 15) is 9.59 Å². The fraction of sp³-hybridized carbons (Fsp3) is 0.412. The maximum absolute atomic E-state index is 12.4. The monoisotopic (exact) mass is 299 g/mol. The molecule has 3 rings (SSSR count). The van der Waals surface area contributed by atoms with Gasteiger partial charge in [-0.15, -0.1) is 0 Å². The van der Waals surface area contributed by atoms with Crippen LogP contribution in [0.1, 0.15) is 18.4 Å². The molecule has 2 fully saturated rings. The molecule has 1 saturated heterocycles. The first kappa shape index (κ1) is 14.6. The summed E-state index contributed by atoms with van der Waals surface area (Å²) < 4.78 is 0. The molecular formula is C17H21N3O2. The minimum absolute atomic E-state index is 0.0391. The highest BCUT2D eigenvalue weighted by molar-refractivity contribution is 5.85. The summed E-state index contributed by atoms with van der Waals surface area (Å²) in [4.78, 5) is 27.5. The van der Waals surface area contributed by atoms with E-state index in [2.05, 4.69) is 5.32 Å². The van der Waals surface area contributed by atoms with E-state index in [4.69, 9.17) is 0 Å². The number of hydrogen-bond acceptors (Lipinski definition) is 2. The minimum atomic E-state index is -0.135. The average molecular weight is 299 g/mol. The Morgan fingerprint density at radius 2 is 2.09 bits per heavy atom. The van der Waals surface area contributed by atoms with E-state index in [1.54, 1.807) is 4.90 Å². The zero-order valence-corrected chi connectivity index (χ0v) is 12.6. The lowest BCUT2D eigenvalue weighted by molar-refractivity contribution is -0.131. The zero-order chi connectivity index (χ0) is 15.4. The van der Waals surface area contributed by atoms with E-state index in [0.29, 0.717) is 25.7 Å². The maximum Gasteiger partial charge on any atom is 0.317 e. The van der Waals surface area contributed by atoms with Crippen molar-refractivity contribution >= 4 is 18.0 Å². The lowest BCUT2D eigenvalue weighted by Crippen LogP contribution is -2.42. The summed E-state index contributed by atoms with van der Waals surface area (Å²) in [6, 6.07) is 10.3. The molecule has 1 aromatic carbocycles. The molecule has 0 bridgehead atoms. The zero-order valence-electron chi connectivity index (χ0n) is 12.6. The van der Waals surface area contributed by atoms with E-state index in [0.717, 1.165) is 18.4 Å². The first-order valence-electron chi connectivity index (χ1n) is 7.78. The molecule has 0 atom stereocenters. The molecule has 1 N–H and O–H groups in total. The molecule has 1 aromatic rings. The molecule has 116 valence electrons. The first-order chi connectivity index (χ1) is 10.7. The highest BCUT2D eigenvalue weighted by Crippen LogP contribution is 2.27. The average Bonchev–Trinajstić information content (AvgIpc) is 3.29. The minimum Gasteiger partial charge on any atom is -0.336 e. The SMILES string of the molecule is O=C1NCCN1CC(=O)N(CC=Cc1ccccc1)C1CC1. The maximum atomic E-state index is 12.4. The lowest BCUT2D eigenvalue weighted by Gasteiger charge is -2.23. The van der Waals surface area contributed by atoms with Crippen molar-refractivity contribution in [2.75, 3.05) is 26.2 Å². The molecule has 1 saturated carbocycles. The van der Waals surface area contributed by atoms with Gasteiger partial charge in [0.25, 0.3) is 0 Å². The number of amides is 3. The molecule has 0 spiro atoms. The van der Waals surface area contributed by atoms with Crippen molar-refractivity contribution in [3.05, 3.63) is 42.0 Å². The molecule has 0 aromatic heterocycles. The quantitative estimate of drug-likeness (QED) is 0.869. The fourth-order valence-corrected chi connectivity index (χ4v) is 2.62. The Morgan fingerprint density at radius 1 is 1.32 bits per heavy atom. The summed E-state index contributed by atoms with van der Waals surface area (Å²) in [6.45, 7) is 2.03. The van der Waals surface area contributed by atoms with Crippen LogP contribution in [0.15, 0.2) is 36.4 Å². The van der Waals surface area contributed by atoms with Gasteiger partial charge in [-0.1, -0.05) is 42.5 Å². The van der Waals surface area contributed by atoms with Crippen molar-refractivity contribution in [2.45, 2.75) is 18.9 Å². The van der Waals surface area contributed by atoms with Crippen LogP contribution in [-0.2, 0) is 4.79 Å². The van der Waals surface area contributed by atoms with Gasteiger partial charge in [-0.3, -0.25) is 4.79 Å². The van der Waals surface area contributed by atoms with Crippen LogP contribution < -0.4 is 5.32 Å². The molecule has 2 aliphatic rings. The summed E-state index contributed by atoms with van der Waals surface area (Å²) in [7, 11) is 0. The van der Waals surface area contributed by atoms with Crippen LogP contribution in [-0.4, -0.2) is 54.0 Å². The van der Waals surface area contributed by atoms with Gasteiger partial charge in [0.1, 0.15) is 6.54 Å². The van der Waals surface area contributed by atoms with Crippen molar-refractivity contribution in [3.63, 3.8) is 0 Å². The summed E-state index contributed by atoms with van der Waals surface area (Å²) in [5, 5.41) is 2.73. The second kappa shape index (κ2) is 6.64. The third-order valence-corrected chi connectivity index (χ3v) is 3.99. The van der Waals surface area contributed by atoms with Crippen LogP contribution in [0.25, 0.3) is 6.08 Å². The highest BCUT2D eigenvalue weighted by atomic mass is 16.2. The van der Waals surface area contributed by atoms with Crippen LogP contribution >= 0.6 is 0 Å². The molecular weight excluding hydrogens is 278 g/mol. The Kier molecular flexibility index (Phi) is 4.42. The van der Waals surface area contributed by atoms with E-state index in [1.807, 2.05) is 47.4 Å². The molecule has 1 heterocycles. The van der Waals surface area contributed by atoms with Gasteiger partial charge in [-0.2, -0.15) is 0 Å². The molecule has 5 nitrogen and oxygen atoms in total. The Bertz CT molecular complexity index is 567. The topological polar surface area (TPSA) is 52.7 Å². The second-order valence-corrected chi connectivity index (χ2v) is 5.74. The van der Waals surface area contributed by atoms with Crippen molar-refractivity contribution < 1.29 is 9.59 Å². The Hall–Kier alpha value is -2.30. The second-order valence-electron chi connectivity index (χ2n) is 5.74. The Balaban J connectivity index is 1.57. The first-order valence-corrected chi connectivity index (χ1v) is 7.78. The third kappa shape index (κ3) is 3.67. The number of hydrogen-bond donors (Lipinski definition) is 1. The smallest absolute Gasteiger partial charge is 0.317 e. The summed E-state index contributed by atoms with van der Waals surface area (Å²) in [5.41, 5.74) is 1.13. The van der Waals surface area contributed by atoms with Crippen molar-refractivity contribution in [2.24, 2.45) is 0 Å². The number of nitrogens with zero attached hydrogens (tertiary/aromatic N) is 2. The van der Waals surface area contributed by atoms with Crippen molar-refractivity contribution in [1.29, 1.82) is 0 Å². The van der Waals surface area contributed by atoms with Crippen LogP contribution in [0.5, 0.6) is 0 Å². The van der Waals surface area contributed by atoms with Crippen LogP contribution in [0, 0.1) is 0 Å². The third-order valence-electron chi connectivity index (χ3n) is 3.99. The molecule has 3 amide bonds. The van der Waals surface area contributed by atoms with Gasteiger partial charge in [-0.25, -0.2) is 4.79 Å². The van der Waals surface area contributed by atoms with Crippen LogP contribution in [0.2, 0.25) is 0 Å². The van der Waals surface area contributed by atoms with Crippen molar-refractivity contribution in [1.82, 2.24) is 15.1 Å². The predicted molar refractivity (Wildman–Crippen MR) is 85.2 cm³/mol. The van der Waals surface area contributed by atoms with E-state index in [1.165, 1.54) is 0 Å². The van der Waals surface area contributed by atoms with Crippen LogP contribution in [0.4, 0.5) is 4.79 Å². The number of nitrogens with one attached hydrogen (secondary N) is 1. The predicted octanol–water partition coefficient (Wildman–Crippen LogP) is 1.72. The number of benzene rings is 1. The van der Waals surface area contributed by atoms with Crippen LogP contribution in [0.3, 0.4) is 0 Å².